The Labute approximate surface area is 116 Å². The van der Waals surface area contributed by atoms with Crippen molar-refractivity contribution in [3.05, 3.63) is 0 Å². The second kappa shape index (κ2) is 8.51. The van der Waals surface area contributed by atoms with E-state index in [9.17, 15) is 4.79 Å². The molecule has 0 spiro atoms. The van der Waals surface area contributed by atoms with Crippen molar-refractivity contribution in [3.8, 4) is 0 Å². The van der Waals surface area contributed by atoms with Crippen LogP contribution in [0.25, 0.3) is 0 Å². The number of morpholine rings is 1. The first-order chi connectivity index (χ1) is 8.99. The number of carbonyl (C=O) groups excluding carboxylic acids is 1. The molecule has 5 heteroatoms. The van der Waals surface area contributed by atoms with Crippen LogP contribution >= 0.6 is 0 Å². The van der Waals surface area contributed by atoms with Gasteiger partial charge in [-0.3, -0.25) is 9.69 Å². The zero-order valence-electron chi connectivity index (χ0n) is 12.5. The van der Waals surface area contributed by atoms with Crippen LogP contribution in [0.1, 0.15) is 33.6 Å². The fraction of sp³-hybridized carbons (Fsp3) is 0.929. The van der Waals surface area contributed by atoms with Gasteiger partial charge in [0.25, 0.3) is 0 Å². The summed E-state index contributed by atoms with van der Waals surface area (Å²) in [5.41, 5.74) is 5.87. The second-order valence-corrected chi connectivity index (χ2v) is 5.89. The molecule has 0 aromatic rings. The molecule has 1 aliphatic heterocycles. The second-order valence-electron chi connectivity index (χ2n) is 5.89. The molecule has 1 fully saturated rings. The van der Waals surface area contributed by atoms with Gasteiger partial charge in [-0.2, -0.15) is 0 Å². The Morgan fingerprint density at radius 1 is 1.32 bits per heavy atom. The van der Waals surface area contributed by atoms with Crippen molar-refractivity contribution in [1.82, 2.24) is 10.2 Å². The third-order valence-corrected chi connectivity index (χ3v) is 3.43. The van der Waals surface area contributed by atoms with Gasteiger partial charge in [0.2, 0.25) is 5.91 Å². The van der Waals surface area contributed by atoms with Crippen molar-refractivity contribution in [1.29, 1.82) is 0 Å². The van der Waals surface area contributed by atoms with Crippen molar-refractivity contribution >= 4 is 5.91 Å². The Bertz CT molecular complexity index is 265. The molecule has 112 valence electrons. The molecule has 5 nitrogen and oxygen atoms in total. The van der Waals surface area contributed by atoms with Crippen LogP contribution in [0.5, 0.6) is 0 Å². The summed E-state index contributed by atoms with van der Waals surface area (Å²) in [5.74, 6) is 0.424. The Morgan fingerprint density at radius 3 is 2.53 bits per heavy atom. The number of nitrogens with one attached hydrogen (secondary N) is 1. The summed E-state index contributed by atoms with van der Waals surface area (Å²) < 4.78 is 5.31. The van der Waals surface area contributed by atoms with Crippen LogP contribution in [0.4, 0.5) is 0 Å². The third-order valence-electron chi connectivity index (χ3n) is 3.43. The van der Waals surface area contributed by atoms with Gasteiger partial charge >= 0.3 is 0 Å². The van der Waals surface area contributed by atoms with Crippen LogP contribution in [0.15, 0.2) is 0 Å². The van der Waals surface area contributed by atoms with Crippen molar-refractivity contribution in [2.75, 3.05) is 32.8 Å². The van der Waals surface area contributed by atoms with Crippen molar-refractivity contribution in [2.24, 2.45) is 11.7 Å². The van der Waals surface area contributed by atoms with Crippen LogP contribution in [0, 0.1) is 5.92 Å². The summed E-state index contributed by atoms with van der Waals surface area (Å²) in [6.07, 6.45) is 1.70. The molecule has 3 N–H and O–H groups in total. The van der Waals surface area contributed by atoms with Gasteiger partial charge in [0.1, 0.15) is 0 Å². The van der Waals surface area contributed by atoms with E-state index in [4.69, 9.17) is 10.5 Å². The molecule has 1 rings (SSSR count). The molecular formula is C14H29N3O2. The van der Waals surface area contributed by atoms with Gasteiger partial charge < -0.3 is 15.8 Å². The molecule has 1 amide bonds. The summed E-state index contributed by atoms with van der Waals surface area (Å²) in [7, 11) is 0. The van der Waals surface area contributed by atoms with E-state index in [0.29, 0.717) is 5.92 Å². The molecule has 0 saturated carbocycles. The molecule has 1 saturated heterocycles. The van der Waals surface area contributed by atoms with Crippen molar-refractivity contribution < 1.29 is 9.53 Å². The maximum absolute atomic E-state index is 11.9. The number of carbonyl (C=O) groups is 1. The molecule has 2 atom stereocenters. The van der Waals surface area contributed by atoms with Crippen LogP contribution in [0.2, 0.25) is 0 Å². The van der Waals surface area contributed by atoms with Gasteiger partial charge in [-0.25, -0.2) is 0 Å². The van der Waals surface area contributed by atoms with E-state index in [1.807, 2.05) is 6.92 Å². The van der Waals surface area contributed by atoms with E-state index in [1.165, 1.54) is 0 Å². The van der Waals surface area contributed by atoms with Crippen molar-refractivity contribution in [3.63, 3.8) is 0 Å². The van der Waals surface area contributed by atoms with Gasteiger partial charge in [-0.05, 0) is 25.7 Å². The fourth-order valence-corrected chi connectivity index (χ4v) is 2.24. The standard InChI is InChI=1S/C14H29N3O2/c1-11(2)10-13(15)14(18)16-12(3)4-5-17-6-8-19-9-7-17/h11-13H,4-10,15H2,1-3H3,(H,16,18)/t12?,13-/m0/s1. The summed E-state index contributed by atoms with van der Waals surface area (Å²) in [6, 6.07) is -0.209. The maximum atomic E-state index is 11.9. The lowest BCUT2D eigenvalue weighted by molar-refractivity contribution is -0.123. The Morgan fingerprint density at radius 2 is 1.95 bits per heavy atom. The lowest BCUT2D eigenvalue weighted by Gasteiger charge is -2.28. The minimum absolute atomic E-state index is 0.0248. The van der Waals surface area contributed by atoms with Gasteiger partial charge in [-0.15, -0.1) is 0 Å². The van der Waals surface area contributed by atoms with E-state index in [2.05, 4.69) is 24.1 Å². The summed E-state index contributed by atoms with van der Waals surface area (Å²) in [6.45, 7) is 10.8. The molecular weight excluding hydrogens is 242 g/mol. The zero-order valence-corrected chi connectivity index (χ0v) is 12.5. The number of hydrogen-bond acceptors (Lipinski definition) is 4. The molecule has 0 aromatic heterocycles. The first-order valence-corrected chi connectivity index (χ1v) is 7.35. The minimum Gasteiger partial charge on any atom is -0.379 e. The average molecular weight is 271 g/mol. The SMILES string of the molecule is CC(C)C[C@H](N)C(=O)NC(C)CCN1CCOCC1. The fourth-order valence-electron chi connectivity index (χ4n) is 2.24. The molecule has 1 unspecified atom stereocenters. The van der Waals surface area contributed by atoms with Gasteiger partial charge in [0, 0.05) is 25.7 Å². The molecule has 0 bridgehead atoms. The molecule has 1 aliphatic rings. The quantitative estimate of drug-likeness (QED) is 0.711. The first-order valence-electron chi connectivity index (χ1n) is 7.35. The minimum atomic E-state index is -0.383. The lowest BCUT2D eigenvalue weighted by atomic mass is 10.0. The van der Waals surface area contributed by atoms with Crippen LogP contribution in [0.3, 0.4) is 0 Å². The number of hydrogen-bond donors (Lipinski definition) is 2. The van der Waals surface area contributed by atoms with Gasteiger partial charge in [0.05, 0.1) is 19.3 Å². The normalized spacial score (nSPS) is 20.3. The monoisotopic (exact) mass is 271 g/mol. The maximum Gasteiger partial charge on any atom is 0.237 e. The Hall–Kier alpha value is -0.650. The van der Waals surface area contributed by atoms with E-state index in [0.717, 1.165) is 45.7 Å². The third kappa shape index (κ3) is 6.89. The molecule has 0 radical (unpaired) electrons. The highest BCUT2D eigenvalue weighted by molar-refractivity contribution is 5.81. The van der Waals surface area contributed by atoms with E-state index in [1.54, 1.807) is 0 Å². The highest BCUT2D eigenvalue weighted by atomic mass is 16.5. The van der Waals surface area contributed by atoms with Crippen LogP contribution in [-0.4, -0.2) is 55.7 Å². The largest absolute Gasteiger partial charge is 0.379 e. The van der Waals surface area contributed by atoms with Gasteiger partial charge in [-0.1, -0.05) is 13.8 Å². The predicted molar refractivity (Wildman–Crippen MR) is 76.9 cm³/mol. The van der Waals surface area contributed by atoms with E-state index >= 15 is 0 Å². The predicted octanol–water partition coefficient (Wildman–Crippen LogP) is 0.587. The van der Waals surface area contributed by atoms with E-state index in [-0.39, 0.29) is 18.0 Å². The van der Waals surface area contributed by atoms with Crippen LogP contribution < -0.4 is 11.1 Å². The number of amides is 1. The lowest BCUT2D eigenvalue weighted by Crippen LogP contribution is -2.46. The highest BCUT2D eigenvalue weighted by Crippen LogP contribution is 2.04. The zero-order chi connectivity index (χ0) is 14.3. The summed E-state index contributed by atoms with van der Waals surface area (Å²) >= 11 is 0. The smallest absolute Gasteiger partial charge is 0.237 e. The summed E-state index contributed by atoms with van der Waals surface area (Å²) in [4.78, 5) is 14.2. The topological polar surface area (TPSA) is 67.6 Å². The van der Waals surface area contributed by atoms with E-state index < -0.39 is 0 Å². The number of nitrogens with zero attached hydrogens (tertiary/aromatic N) is 1. The van der Waals surface area contributed by atoms with Crippen LogP contribution in [-0.2, 0) is 9.53 Å². The Balaban J connectivity index is 2.18. The first kappa shape index (κ1) is 16.4. The number of ether oxygens (including phenoxy) is 1. The molecule has 0 aromatic carbocycles. The average Bonchev–Trinajstić information content (AvgIpc) is 2.36. The molecule has 0 aliphatic carbocycles. The molecule has 19 heavy (non-hydrogen) atoms. The number of rotatable bonds is 7. The summed E-state index contributed by atoms with van der Waals surface area (Å²) in [5, 5.41) is 3.00. The number of nitrogens with two attached hydrogens (primary N) is 1. The van der Waals surface area contributed by atoms with Gasteiger partial charge in [0.15, 0.2) is 0 Å². The van der Waals surface area contributed by atoms with Crippen molar-refractivity contribution in [2.45, 2.75) is 45.7 Å². The molecule has 1 heterocycles. The highest BCUT2D eigenvalue weighted by Gasteiger charge is 2.17. The Kier molecular flexibility index (Phi) is 7.34.